The van der Waals surface area contributed by atoms with E-state index >= 15 is 0 Å². The smallest absolute Gasteiger partial charge is 0.326 e. The molecule has 0 aliphatic carbocycles. The zero-order chi connectivity index (χ0) is 14.8. The minimum absolute atomic E-state index is 0. The predicted molar refractivity (Wildman–Crippen MR) is 77.9 cm³/mol. The maximum absolute atomic E-state index is 12.7. The third kappa shape index (κ3) is 4.76. The van der Waals surface area contributed by atoms with Crippen molar-refractivity contribution < 1.29 is 18.0 Å². The van der Waals surface area contributed by atoms with Crippen molar-refractivity contribution in [2.24, 2.45) is 5.92 Å². The highest BCUT2D eigenvalue weighted by Gasteiger charge is 2.33. The van der Waals surface area contributed by atoms with Gasteiger partial charge in [-0.15, -0.1) is 12.4 Å². The fourth-order valence-electron chi connectivity index (χ4n) is 2.14. The van der Waals surface area contributed by atoms with E-state index in [9.17, 15) is 18.0 Å². The molecule has 1 aromatic carbocycles. The largest absolute Gasteiger partial charge is 0.417 e. The number of hydrogen-bond acceptors (Lipinski definition) is 2. The van der Waals surface area contributed by atoms with E-state index < -0.39 is 11.7 Å². The molecule has 1 fully saturated rings. The molecule has 1 heterocycles. The van der Waals surface area contributed by atoms with Crippen molar-refractivity contribution in [3.8, 4) is 0 Å². The average molecular weight is 343 g/mol. The first-order valence-electron chi connectivity index (χ1n) is 6.26. The molecule has 8 heteroatoms. The molecule has 2 N–H and O–H groups in total. The van der Waals surface area contributed by atoms with Crippen molar-refractivity contribution in [3.63, 3.8) is 0 Å². The van der Waals surface area contributed by atoms with E-state index in [0.29, 0.717) is 6.54 Å². The molecule has 1 aliphatic heterocycles. The summed E-state index contributed by atoms with van der Waals surface area (Å²) < 4.78 is 38.1. The van der Waals surface area contributed by atoms with Crippen molar-refractivity contribution in [2.75, 3.05) is 18.4 Å². The molecule has 21 heavy (non-hydrogen) atoms. The number of halogens is 5. The monoisotopic (exact) mass is 342 g/mol. The van der Waals surface area contributed by atoms with Crippen LogP contribution in [0.2, 0.25) is 5.02 Å². The van der Waals surface area contributed by atoms with Gasteiger partial charge in [0.05, 0.1) is 16.5 Å². The van der Waals surface area contributed by atoms with Gasteiger partial charge in [0.15, 0.2) is 0 Å². The van der Waals surface area contributed by atoms with E-state index in [4.69, 9.17) is 11.6 Å². The van der Waals surface area contributed by atoms with E-state index in [0.717, 1.165) is 31.5 Å². The third-order valence-electron chi connectivity index (χ3n) is 3.21. The van der Waals surface area contributed by atoms with Gasteiger partial charge in [0.2, 0.25) is 5.91 Å². The first kappa shape index (κ1) is 18.1. The molecule has 118 valence electrons. The molecule has 1 atom stereocenters. The van der Waals surface area contributed by atoms with Crippen molar-refractivity contribution in [1.29, 1.82) is 0 Å². The van der Waals surface area contributed by atoms with Gasteiger partial charge < -0.3 is 10.6 Å². The van der Waals surface area contributed by atoms with Crippen LogP contribution in [0.4, 0.5) is 18.9 Å². The topological polar surface area (TPSA) is 41.1 Å². The Morgan fingerprint density at radius 2 is 2.10 bits per heavy atom. The van der Waals surface area contributed by atoms with Gasteiger partial charge in [0, 0.05) is 12.2 Å². The summed E-state index contributed by atoms with van der Waals surface area (Å²) in [6.07, 6.45) is -2.92. The summed E-state index contributed by atoms with van der Waals surface area (Å²) in [6.45, 7) is 1.41. The molecule has 1 aromatic rings. The van der Waals surface area contributed by atoms with E-state index in [1.54, 1.807) is 0 Å². The first-order valence-corrected chi connectivity index (χ1v) is 6.64. The number of amides is 1. The van der Waals surface area contributed by atoms with Crippen LogP contribution in [-0.4, -0.2) is 19.0 Å². The predicted octanol–water partition coefficient (Wildman–Crippen LogP) is 3.72. The summed E-state index contributed by atoms with van der Waals surface area (Å²) in [5.41, 5.74) is -0.837. The second-order valence-electron chi connectivity index (χ2n) is 4.72. The van der Waals surface area contributed by atoms with Crippen LogP contribution in [0, 0.1) is 5.92 Å². The molecule has 0 aromatic heterocycles. The molecule has 0 saturated carbocycles. The molecule has 1 saturated heterocycles. The summed E-state index contributed by atoms with van der Waals surface area (Å²) in [5.74, 6) is -0.485. The van der Waals surface area contributed by atoms with Crippen LogP contribution in [0.15, 0.2) is 18.2 Å². The quantitative estimate of drug-likeness (QED) is 0.859. The van der Waals surface area contributed by atoms with Gasteiger partial charge in [-0.3, -0.25) is 4.79 Å². The lowest BCUT2D eigenvalue weighted by molar-refractivity contribution is -0.137. The molecule has 0 unspecified atom stereocenters. The highest BCUT2D eigenvalue weighted by atomic mass is 35.5. The van der Waals surface area contributed by atoms with Crippen LogP contribution in [0.5, 0.6) is 0 Å². The average Bonchev–Trinajstić information content (AvgIpc) is 2.40. The summed E-state index contributed by atoms with van der Waals surface area (Å²) in [6, 6.07) is 3.36. The molecule has 0 bridgehead atoms. The van der Waals surface area contributed by atoms with E-state index in [1.165, 1.54) is 6.07 Å². The fraction of sp³-hybridized carbons (Fsp3) is 0.462. The lowest BCUT2D eigenvalue weighted by Crippen LogP contribution is -2.37. The van der Waals surface area contributed by atoms with Crippen LogP contribution in [-0.2, 0) is 11.0 Å². The van der Waals surface area contributed by atoms with Crippen LogP contribution in [0.1, 0.15) is 18.4 Å². The first-order chi connectivity index (χ1) is 9.38. The number of alkyl halides is 3. The summed E-state index contributed by atoms with van der Waals surface area (Å²) >= 11 is 5.52. The number of piperidine rings is 1. The minimum Gasteiger partial charge on any atom is -0.326 e. The van der Waals surface area contributed by atoms with Gasteiger partial charge in [-0.05, 0) is 37.6 Å². The van der Waals surface area contributed by atoms with Crippen molar-refractivity contribution in [2.45, 2.75) is 19.0 Å². The third-order valence-corrected chi connectivity index (χ3v) is 3.54. The van der Waals surface area contributed by atoms with Crippen LogP contribution < -0.4 is 10.6 Å². The maximum Gasteiger partial charge on any atom is 0.417 e. The number of rotatable bonds is 2. The normalized spacial score (nSPS) is 18.8. The molecular formula is C13H15Cl2F3N2O. The second-order valence-corrected chi connectivity index (χ2v) is 5.13. The Morgan fingerprint density at radius 3 is 2.67 bits per heavy atom. The van der Waals surface area contributed by atoms with Gasteiger partial charge in [0.1, 0.15) is 0 Å². The van der Waals surface area contributed by atoms with E-state index in [-0.39, 0.29) is 34.9 Å². The molecule has 2 rings (SSSR count). The Hall–Kier alpha value is -0.980. The highest BCUT2D eigenvalue weighted by molar-refractivity contribution is 6.31. The van der Waals surface area contributed by atoms with Gasteiger partial charge >= 0.3 is 6.18 Å². The molecule has 0 spiro atoms. The maximum atomic E-state index is 12.7. The number of carbonyl (C=O) groups is 1. The number of benzene rings is 1. The Labute approximate surface area is 131 Å². The molecule has 1 amide bonds. The Morgan fingerprint density at radius 1 is 1.38 bits per heavy atom. The minimum atomic E-state index is -4.54. The van der Waals surface area contributed by atoms with E-state index in [1.807, 2.05) is 0 Å². The second kappa shape index (κ2) is 7.33. The fourth-order valence-corrected chi connectivity index (χ4v) is 2.36. The van der Waals surface area contributed by atoms with Gasteiger partial charge in [-0.1, -0.05) is 11.6 Å². The summed E-state index contributed by atoms with van der Waals surface area (Å²) in [4.78, 5) is 11.9. The number of carbonyl (C=O) groups excluding carboxylic acids is 1. The van der Waals surface area contributed by atoms with Crippen LogP contribution >= 0.6 is 24.0 Å². The summed E-state index contributed by atoms with van der Waals surface area (Å²) in [7, 11) is 0. The lowest BCUT2D eigenvalue weighted by atomic mass is 9.99. The van der Waals surface area contributed by atoms with E-state index in [2.05, 4.69) is 10.6 Å². The van der Waals surface area contributed by atoms with Crippen molar-refractivity contribution in [1.82, 2.24) is 5.32 Å². The Balaban J connectivity index is 0.00000220. The SMILES string of the molecule is Cl.O=C(Nc1ccc(Cl)c(C(F)(F)F)c1)[C@@H]1CCCNC1. The van der Waals surface area contributed by atoms with Gasteiger partial charge in [0.25, 0.3) is 0 Å². The van der Waals surface area contributed by atoms with Gasteiger partial charge in [-0.2, -0.15) is 13.2 Å². The molecule has 1 aliphatic rings. The number of hydrogen-bond donors (Lipinski definition) is 2. The Bertz CT molecular complexity index is 503. The summed E-state index contributed by atoms with van der Waals surface area (Å²) in [5, 5.41) is 5.22. The molecule has 0 radical (unpaired) electrons. The van der Waals surface area contributed by atoms with Crippen molar-refractivity contribution >= 4 is 35.6 Å². The Kier molecular flexibility index (Phi) is 6.31. The molecule has 3 nitrogen and oxygen atoms in total. The molecular weight excluding hydrogens is 328 g/mol. The van der Waals surface area contributed by atoms with Gasteiger partial charge in [-0.25, -0.2) is 0 Å². The van der Waals surface area contributed by atoms with Crippen molar-refractivity contribution in [3.05, 3.63) is 28.8 Å². The number of nitrogens with one attached hydrogen (secondary N) is 2. The van der Waals surface area contributed by atoms with Crippen LogP contribution in [0.3, 0.4) is 0 Å². The highest BCUT2D eigenvalue weighted by Crippen LogP contribution is 2.36. The van der Waals surface area contributed by atoms with Crippen LogP contribution in [0.25, 0.3) is 0 Å². The number of anilines is 1. The standard InChI is InChI=1S/C13H14ClF3N2O.ClH/c14-11-4-3-9(6-10(11)13(15,16)17)19-12(20)8-2-1-5-18-7-8;/h3-4,6,8,18H,1-2,5,7H2,(H,19,20);1H/t8-;/m1./s1. The lowest BCUT2D eigenvalue weighted by Gasteiger charge is -2.22. The zero-order valence-corrected chi connectivity index (χ0v) is 12.5. The zero-order valence-electron chi connectivity index (χ0n) is 11.0.